The second-order valence-corrected chi connectivity index (χ2v) is 5.71. The lowest BCUT2D eigenvalue weighted by atomic mass is 9.77. The van der Waals surface area contributed by atoms with Crippen molar-refractivity contribution >= 4 is 5.69 Å². The van der Waals surface area contributed by atoms with Crippen LogP contribution in [0.25, 0.3) is 0 Å². The molecule has 9 heteroatoms. The van der Waals surface area contributed by atoms with E-state index in [-0.39, 0.29) is 30.2 Å². The Labute approximate surface area is 141 Å². The van der Waals surface area contributed by atoms with Gasteiger partial charge in [-0.15, -0.1) is 0 Å². The van der Waals surface area contributed by atoms with Gasteiger partial charge in [-0.1, -0.05) is 18.2 Å². The lowest BCUT2D eigenvalue weighted by Crippen LogP contribution is -2.63. The Kier molecular flexibility index (Phi) is 4.11. The molecule has 2 aromatic rings. The SMILES string of the molecule is CN1CCC1(c1ccccc1Oc1ncccc1[N+](=O)[O-])C(F)(F)F. The van der Waals surface area contributed by atoms with Gasteiger partial charge in [0.25, 0.3) is 5.88 Å². The standard InChI is InChI=1S/C16H14F3N3O3/c1-21-10-8-15(21,16(17,18)19)11-5-2-3-7-13(11)25-14-12(22(23)24)6-4-9-20-14/h2-7,9H,8,10H2,1H3. The van der Waals surface area contributed by atoms with Crippen LogP contribution in [0.15, 0.2) is 42.6 Å². The van der Waals surface area contributed by atoms with Crippen LogP contribution < -0.4 is 4.74 Å². The first kappa shape index (κ1) is 17.2. The van der Waals surface area contributed by atoms with E-state index in [2.05, 4.69) is 4.98 Å². The maximum Gasteiger partial charge on any atom is 0.411 e. The molecule has 1 aromatic heterocycles. The van der Waals surface area contributed by atoms with E-state index in [4.69, 9.17) is 4.74 Å². The van der Waals surface area contributed by atoms with E-state index in [1.807, 2.05) is 0 Å². The van der Waals surface area contributed by atoms with Gasteiger partial charge in [-0.3, -0.25) is 15.0 Å². The Morgan fingerprint density at radius 1 is 1.28 bits per heavy atom. The average molecular weight is 353 g/mol. The summed E-state index contributed by atoms with van der Waals surface area (Å²) in [4.78, 5) is 15.4. The highest BCUT2D eigenvalue weighted by Gasteiger charge is 2.64. The van der Waals surface area contributed by atoms with Crippen LogP contribution in [0.5, 0.6) is 11.6 Å². The summed E-state index contributed by atoms with van der Waals surface area (Å²) in [5, 5.41) is 11.1. The number of benzene rings is 1. The summed E-state index contributed by atoms with van der Waals surface area (Å²) in [6.07, 6.45) is -3.35. The second kappa shape index (κ2) is 5.99. The lowest BCUT2D eigenvalue weighted by Gasteiger charge is -2.52. The molecule has 1 aliphatic heterocycles. The van der Waals surface area contributed by atoms with Crippen molar-refractivity contribution in [3.63, 3.8) is 0 Å². The molecule has 2 heterocycles. The molecule has 0 radical (unpaired) electrons. The third-order valence-corrected chi connectivity index (χ3v) is 4.42. The Morgan fingerprint density at radius 2 is 2.00 bits per heavy atom. The lowest BCUT2D eigenvalue weighted by molar-refractivity contribution is -0.386. The van der Waals surface area contributed by atoms with E-state index in [0.717, 1.165) is 0 Å². The highest BCUT2D eigenvalue weighted by Crippen LogP contribution is 2.54. The molecule has 1 saturated heterocycles. The average Bonchev–Trinajstić information content (AvgIpc) is 2.54. The topological polar surface area (TPSA) is 68.5 Å². The van der Waals surface area contributed by atoms with Crippen molar-refractivity contribution in [1.82, 2.24) is 9.88 Å². The third kappa shape index (κ3) is 2.70. The van der Waals surface area contributed by atoms with Gasteiger partial charge in [0.15, 0.2) is 0 Å². The van der Waals surface area contributed by atoms with Gasteiger partial charge in [-0.05, 0) is 25.6 Å². The molecule has 1 fully saturated rings. The molecule has 1 aliphatic rings. The molecular formula is C16H14F3N3O3. The second-order valence-electron chi connectivity index (χ2n) is 5.71. The van der Waals surface area contributed by atoms with Gasteiger partial charge in [0.1, 0.15) is 11.3 Å². The minimum absolute atomic E-state index is 0.0869. The first-order chi connectivity index (χ1) is 11.8. The maximum absolute atomic E-state index is 13.8. The van der Waals surface area contributed by atoms with Gasteiger partial charge in [0.05, 0.1) is 4.92 Å². The molecule has 0 amide bonds. The molecule has 0 bridgehead atoms. The number of hydrogen-bond acceptors (Lipinski definition) is 5. The zero-order valence-electron chi connectivity index (χ0n) is 13.2. The first-order valence-electron chi connectivity index (χ1n) is 7.42. The fourth-order valence-corrected chi connectivity index (χ4v) is 3.01. The highest BCUT2D eigenvalue weighted by molar-refractivity contribution is 5.47. The monoisotopic (exact) mass is 353 g/mol. The molecule has 132 valence electrons. The van der Waals surface area contributed by atoms with Crippen molar-refractivity contribution in [2.24, 2.45) is 0 Å². The van der Waals surface area contributed by atoms with Gasteiger partial charge in [0.2, 0.25) is 0 Å². The number of ether oxygens (including phenoxy) is 1. The van der Waals surface area contributed by atoms with Crippen LogP contribution >= 0.6 is 0 Å². The van der Waals surface area contributed by atoms with Crippen LogP contribution in [0, 0.1) is 10.1 Å². The molecule has 1 atom stereocenters. The molecule has 0 N–H and O–H groups in total. The van der Waals surface area contributed by atoms with Crippen molar-refractivity contribution in [2.75, 3.05) is 13.6 Å². The normalized spacial score (nSPS) is 20.8. The fourth-order valence-electron chi connectivity index (χ4n) is 3.01. The van der Waals surface area contributed by atoms with E-state index in [1.165, 1.54) is 54.5 Å². The summed E-state index contributed by atoms with van der Waals surface area (Å²) in [7, 11) is 1.39. The van der Waals surface area contributed by atoms with E-state index < -0.39 is 22.3 Å². The quantitative estimate of drug-likeness (QED) is 0.616. The van der Waals surface area contributed by atoms with Gasteiger partial charge >= 0.3 is 11.9 Å². The van der Waals surface area contributed by atoms with Gasteiger partial charge < -0.3 is 4.74 Å². The third-order valence-electron chi connectivity index (χ3n) is 4.42. The van der Waals surface area contributed by atoms with Crippen molar-refractivity contribution in [3.05, 3.63) is 58.3 Å². The number of alkyl halides is 3. The number of likely N-dealkylation sites (tertiary alicyclic amines) is 1. The number of hydrogen-bond donors (Lipinski definition) is 0. The molecule has 1 aromatic carbocycles. The summed E-state index contributed by atoms with van der Waals surface area (Å²) in [6.45, 7) is 0.289. The molecule has 1 unspecified atom stereocenters. The van der Waals surface area contributed by atoms with E-state index in [9.17, 15) is 23.3 Å². The Morgan fingerprint density at radius 3 is 2.56 bits per heavy atom. The Bertz CT molecular complexity index is 812. The van der Waals surface area contributed by atoms with Crippen LogP contribution in [-0.4, -0.2) is 34.6 Å². The van der Waals surface area contributed by atoms with Crippen molar-refractivity contribution in [2.45, 2.75) is 18.1 Å². The minimum atomic E-state index is -4.52. The van der Waals surface area contributed by atoms with Crippen molar-refractivity contribution < 1.29 is 22.8 Å². The Hall–Kier alpha value is -2.68. The van der Waals surface area contributed by atoms with E-state index in [1.54, 1.807) is 0 Å². The number of para-hydroxylation sites is 1. The maximum atomic E-state index is 13.8. The summed E-state index contributed by atoms with van der Waals surface area (Å²) < 4.78 is 46.8. The number of nitro groups is 1. The highest BCUT2D eigenvalue weighted by atomic mass is 19.4. The van der Waals surface area contributed by atoms with Gasteiger partial charge in [-0.25, -0.2) is 4.98 Å². The molecule has 0 spiro atoms. The summed E-state index contributed by atoms with van der Waals surface area (Å²) in [6, 6.07) is 8.21. The summed E-state index contributed by atoms with van der Waals surface area (Å²) in [5.74, 6) is -0.451. The van der Waals surface area contributed by atoms with Crippen LogP contribution in [0.2, 0.25) is 0 Å². The zero-order chi connectivity index (χ0) is 18.2. The summed E-state index contributed by atoms with van der Waals surface area (Å²) >= 11 is 0. The van der Waals surface area contributed by atoms with Crippen molar-refractivity contribution in [1.29, 1.82) is 0 Å². The Balaban J connectivity index is 2.08. The largest absolute Gasteiger partial charge is 0.433 e. The molecule has 25 heavy (non-hydrogen) atoms. The predicted molar refractivity (Wildman–Crippen MR) is 82.4 cm³/mol. The number of aromatic nitrogens is 1. The number of nitrogens with zero attached hydrogens (tertiary/aromatic N) is 3. The van der Waals surface area contributed by atoms with Crippen LogP contribution in [0.1, 0.15) is 12.0 Å². The molecule has 0 saturated carbocycles. The van der Waals surface area contributed by atoms with Crippen LogP contribution in [0.3, 0.4) is 0 Å². The molecule has 3 rings (SSSR count). The predicted octanol–water partition coefficient (Wildman–Crippen LogP) is 3.88. The minimum Gasteiger partial charge on any atom is -0.433 e. The van der Waals surface area contributed by atoms with Gasteiger partial charge in [-0.2, -0.15) is 13.2 Å². The van der Waals surface area contributed by atoms with E-state index >= 15 is 0 Å². The smallest absolute Gasteiger partial charge is 0.411 e. The van der Waals surface area contributed by atoms with Crippen LogP contribution in [-0.2, 0) is 5.54 Å². The number of halogens is 3. The first-order valence-corrected chi connectivity index (χ1v) is 7.42. The zero-order valence-corrected chi connectivity index (χ0v) is 13.2. The molecule has 0 aliphatic carbocycles. The van der Waals surface area contributed by atoms with Crippen molar-refractivity contribution in [3.8, 4) is 11.6 Å². The molecule has 6 nitrogen and oxygen atoms in total. The number of rotatable bonds is 4. The van der Waals surface area contributed by atoms with Crippen LogP contribution in [0.4, 0.5) is 18.9 Å². The molecular weight excluding hydrogens is 339 g/mol. The fraction of sp³-hybridized carbons (Fsp3) is 0.312. The van der Waals surface area contributed by atoms with Gasteiger partial charge in [0, 0.05) is 24.4 Å². The number of pyridine rings is 1. The summed E-state index contributed by atoms with van der Waals surface area (Å²) in [5.41, 5.74) is -2.68. The van der Waals surface area contributed by atoms with E-state index in [0.29, 0.717) is 0 Å².